The summed E-state index contributed by atoms with van der Waals surface area (Å²) in [6.45, 7) is 5.90. The molecule has 0 saturated heterocycles. The summed E-state index contributed by atoms with van der Waals surface area (Å²) in [7, 11) is 0. The Labute approximate surface area is 205 Å². The van der Waals surface area contributed by atoms with Crippen molar-refractivity contribution in [3.63, 3.8) is 0 Å². The van der Waals surface area contributed by atoms with E-state index in [2.05, 4.69) is 32.6 Å². The van der Waals surface area contributed by atoms with Crippen LogP contribution in [-0.4, -0.2) is 27.3 Å². The number of guanidine groups is 1. The summed E-state index contributed by atoms with van der Waals surface area (Å²) in [5.74, 6) is 1.34. The first-order valence-corrected chi connectivity index (χ1v) is 10.3. The molecule has 8 heteroatoms. The Morgan fingerprint density at radius 1 is 1.06 bits per heavy atom. The fourth-order valence-electron chi connectivity index (χ4n) is 3.07. The summed E-state index contributed by atoms with van der Waals surface area (Å²) >= 11 is 0. The fraction of sp³-hybridized carbons (Fsp3) is 0.208. The summed E-state index contributed by atoms with van der Waals surface area (Å²) in [5, 5.41) is 11.0. The summed E-state index contributed by atoms with van der Waals surface area (Å²) in [4.78, 5) is 9.24. The Hall–Kier alpha value is -3.14. The van der Waals surface area contributed by atoms with Crippen molar-refractivity contribution in [1.29, 1.82) is 0 Å². The van der Waals surface area contributed by atoms with Gasteiger partial charge in [0.05, 0.1) is 30.7 Å². The summed E-state index contributed by atoms with van der Waals surface area (Å²) in [5.41, 5.74) is 5.05. The van der Waals surface area contributed by atoms with E-state index in [9.17, 15) is 0 Å². The van der Waals surface area contributed by atoms with E-state index in [-0.39, 0.29) is 24.0 Å². The number of nitrogens with one attached hydrogen (secondary N) is 2. The number of aliphatic imine (C=N–C) groups is 1. The first-order chi connectivity index (χ1) is 15.2. The van der Waals surface area contributed by atoms with Gasteiger partial charge in [0.15, 0.2) is 5.96 Å². The fourth-order valence-corrected chi connectivity index (χ4v) is 3.07. The summed E-state index contributed by atoms with van der Waals surface area (Å²) in [6.07, 6.45) is 5.51. The summed E-state index contributed by atoms with van der Waals surface area (Å²) < 4.78 is 7.49. The molecule has 0 atom stereocenters. The van der Waals surface area contributed by atoms with Gasteiger partial charge in [0.2, 0.25) is 5.89 Å². The molecule has 2 N–H and O–H groups in total. The Morgan fingerprint density at radius 3 is 2.59 bits per heavy atom. The number of oxazole rings is 1. The Kier molecular flexibility index (Phi) is 8.43. The van der Waals surface area contributed by atoms with Crippen LogP contribution in [0.4, 0.5) is 0 Å². The van der Waals surface area contributed by atoms with E-state index in [1.54, 1.807) is 6.26 Å². The molecule has 32 heavy (non-hydrogen) atoms. The van der Waals surface area contributed by atoms with Gasteiger partial charge in [0.1, 0.15) is 6.26 Å². The predicted octanol–water partition coefficient (Wildman–Crippen LogP) is 4.71. The lowest BCUT2D eigenvalue weighted by Crippen LogP contribution is -2.36. The van der Waals surface area contributed by atoms with Crippen molar-refractivity contribution >= 4 is 29.9 Å². The highest BCUT2D eigenvalue weighted by atomic mass is 127. The van der Waals surface area contributed by atoms with Crippen LogP contribution in [0.5, 0.6) is 0 Å². The maximum Gasteiger partial charge on any atom is 0.226 e. The SMILES string of the molecule is CCNC(=NCc1cnn(-c2ccccc2)c1)NCc1coc(-c2ccc(C)cc2)n1.I. The van der Waals surface area contributed by atoms with E-state index >= 15 is 0 Å². The van der Waals surface area contributed by atoms with Crippen LogP contribution in [0.2, 0.25) is 0 Å². The van der Waals surface area contributed by atoms with Gasteiger partial charge in [0.25, 0.3) is 0 Å². The number of aryl methyl sites for hydroxylation is 1. The average molecular weight is 542 g/mol. The third-order valence-corrected chi connectivity index (χ3v) is 4.71. The van der Waals surface area contributed by atoms with Gasteiger partial charge in [-0.3, -0.25) is 0 Å². The molecule has 4 rings (SSSR count). The Balaban J connectivity index is 0.00000289. The van der Waals surface area contributed by atoms with Crippen molar-refractivity contribution in [2.24, 2.45) is 4.99 Å². The number of aromatic nitrogens is 3. The number of hydrogen-bond donors (Lipinski definition) is 2. The molecule has 166 valence electrons. The number of nitrogens with zero attached hydrogens (tertiary/aromatic N) is 4. The first-order valence-electron chi connectivity index (χ1n) is 10.3. The zero-order valence-electron chi connectivity index (χ0n) is 18.2. The van der Waals surface area contributed by atoms with Gasteiger partial charge in [-0.1, -0.05) is 35.9 Å². The standard InChI is InChI=1S/C24H26N6O.HI/c1-3-25-24(26-13-19-14-28-30(16-19)22-7-5-4-6-8-22)27-15-21-17-31-23(29-21)20-11-9-18(2)10-12-20;/h4-12,14,16-17H,3,13,15H2,1-2H3,(H2,25,26,27);1H. The van der Waals surface area contributed by atoms with Gasteiger partial charge in [-0.25, -0.2) is 14.7 Å². The molecule has 0 fully saturated rings. The number of rotatable bonds is 7. The number of halogens is 1. The van der Waals surface area contributed by atoms with Crippen LogP contribution >= 0.6 is 24.0 Å². The molecule has 0 spiro atoms. The highest BCUT2D eigenvalue weighted by Gasteiger charge is 2.08. The van der Waals surface area contributed by atoms with Crippen LogP contribution in [0.15, 0.2) is 82.7 Å². The smallest absolute Gasteiger partial charge is 0.226 e. The van der Waals surface area contributed by atoms with Gasteiger partial charge in [-0.05, 0) is 38.1 Å². The number of para-hydroxylation sites is 1. The van der Waals surface area contributed by atoms with Crippen LogP contribution in [0, 0.1) is 6.92 Å². The van der Waals surface area contributed by atoms with Crippen molar-refractivity contribution in [2.45, 2.75) is 26.9 Å². The normalized spacial score (nSPS) is 11.1. The van der Waals surface area contributed by atoms with Gasteiger partial charge < -0.3 is 15.1 Å². The minimum atomic E-state index is 0. The van der Waals surface area contributed by atoms with Gasteiger partial charge in [-0.15, -0.1) is 24.0 Å². The maximum absolute atomic E-state index is 5.63. The van der Waals surface area contributed by atoms with Crippen LogP contribution in [0.1, 0.15) is 23.7 Å². The molecule has 0 radical (unpaired) electrons. The molecule has 2 heterocycles. The molecule has 0 unspecified atom stereocenters. The van der Waals surface area contributed by atoms with Crippen LogP contribution in [0.25, 0.3) is 17.1 Å². The average Bonchev–Trinajstić information content (AvgIpc) is 3.47. The van der Waals surface area contributed by atoms with E-state index in [1.165, 1.54) is 5.56 Å². The predicted molar refractivity (Wildman–Crippen MR) is 137 cm³/mol. The van der Waals surface area contributed by atoms with Crippen molar-refractivity contribution in [3.8, 4) is 17.1 Å². The van der Waals surface area contributed by atoms with E-state index < -0.39 is 0 Å². The van der Waals surface area contributed by atoms with Gasteiger partial charge >= 0.3 is 0 Å². The zero-order chi connectivity index (χ0) is 21.5. The summed E-state index contributed by atoms with van der Waals surface area (Å²) in [6, 6.07) is 18.2. The van der Waals surface area contributed by atoms with Crippen molar-refractivity contribution in [1.82, 2.24) is 25.4 Å². The second-order valence-electron chi connectivity index (χ2n) is 7.19. The molecule has 7 nitrogen and oxygen atoms in total. The number of benzene rings is 2. The molecule has 0 saturated carbocycles. The third-order valence-electron chi connectivity index (χ3n) is 4.71. The lowest BCUT2D eigenvalue weighted by molar-refractivity contribution is 0.572. The second-order valence-corrected chi connectivity index (χ2v) is 7.19. The highest BCUT2D eigenvalue weighted by Crippen LogP contribution is 2.19. The first kappa shape index (κ1) is 23.5. The minimum absolute atomic E-state index is 0. The lowest BCUT2D eigenvalue weighted by atomic mass is 10.1. The molecule has 0 bridgehead atoms. The molecule has 0 aliphatic heterocycles. The molecule has 0 amide bonds. The Bertz CT molecular complexity index is 1130. The largest absolute Gasteiger partial charge is 0.444 e. The molecular formula is C24H27IN6O. The van der Waals surface area contributed by atoms with Gasteiger partial charge in [-0.2, -0.15) is 5.10 Å². The van der Waals surface area contributed by atoms with Crippen molar-refractivity contribution in [3.05, 3.63) is 90.1 Å². The third kappa shape index (κ3) is 6.19. The quantitative estimate of drug-likeness (QED) is 0.201. The molecule has 4 aromatic rings. The highest BCUT2D eigenvalue weighted by molar-refractivity contribution is 14.0. The topological polar surface area (TPSA) is 80.3 Å². The number of hydrogen-bond acceptors (Lipinski definition) is 4. The molecular weight excluding hydrogens is 515 g/mol. The lowest BCUT2D eigenvalue weighted by Gasteiger charge is -2.09. The van der Waals surface area contributed by atoms with Crippen LogP contribution in [0.3, 0.4) is 0 Å². The molecule has 0 aliphatic carbocycles. The van der Waals surface area contributed by atoms with E-state index in [0.29, 0.717) is 19.0 Å². The van der Waals surface area contributed by atoms with Gasteiger partial charge in [0, 0.05) is 23.9 Å². The molecule has 2 aromatic heterocycles. The van der Waals surface area contributed by atoms with Crippen LogP contribution in [-0.2, 0) is 13.1 Å². The van der Waals surface area contributed by atoms with Crippen molar-refractivity contribution in [2.75, 3.05) is 6.54 Å². The van der Waals surface area contributed by atoms with E-state index in [4.69, 9.17) is 4.42 Å². The maximum atomic E-state index is 5.63. The second kappa shape index (κ2) is 11.5. The Morgan fingerprint density at radius 2 is 1.84 bits per heavy atom. The van der Waals surface area contributed by atoms with Crippen molar-refractivity contribution < 1.29 is 4.42 Å². The zero-order valence-corrected chi connectivity index (χ0v) is 20.5. The monoisotopic (exact) mass is 542 g/mol. The van der Waals surface area contributed by atoms with E-state index in [0.717, 1.165) is 35.0 Å². The van der Waals surface area contributed by atoms with Crippen LogP contribution < -0.4 is 10.6 Å². The molecule has 2 aromatic carbocycles. The minimum Gasteiger partial charge on any atom is -0.444 e. The van der Waals surface area contributed by atoms with E-state index in [1.807, 2.05) is 78.6 Å². The molecule has 0 aliphatic rings.